The van der Waals surface area contributed by atoms with Gasteiger partial charge < -0.3 is 14.2 Å². The van der Waals surface area contributed by atoms with E-state index in [9.17, 15) is 0 Å². The van der Waals surface area contributed by atoms with Crippen LogP contribution in [0.1, 0.15) is 5.69 Å². The lowest BCUT2D eigenvalue weighted by Gasteiger charge is -2.14. The molecule has 0 aliphatic rings. The van der Waals surface area contributed by atoms with Gasteiger partial charge in [-0.25, -0.2) is 9.97 Å². The van der Waals surface area contributed by atoms with Gasteiger partial charge in [0.05, 0.1) is 21.3 Å². The van der Waals surface area contributed by atoms with E-state index in [1.54, 1.807) is 21.3 Å². The molecule has 2 aromatic rings. The van der Waals surface area contributed by atoms with E-state index in [4.69, 9.17) is 14.2 Å². The van der Waals surface area contributed by atoms with Crippen LogP contribution in [-0.4, -0.2) is 31.3 Å². The summed E-state index contributed by atoms with van der Waals surface area (Å²) in [6, 6.07) is 1.85. The fraction of sp³-hybridized carbons (Fsp3) is 0.333. The average Bonchev–Trinajstić information content (AvgIpc) is 2.36. The third-order valence-electron chi connectivity index (χ3n) is 2.63. The Balaban J connectivity index is 2.88. The molecule has 1 heterocycles. The zero-order chi connectivity index (χ0) is 12.4. The highest BCUT2D eigenvalue weighted by atomic mass is 16.5. The molecule has 0 N–H and O–H groups in total. The van der Waals surface area contributed by atoms with E-state index < -0.39 is 0 Å². The topological polar surface area (TPSA) is 53.5 Å². The SMILES string of the molecule is COc1cc2c(C)ncnc2c(OC)c1OC. The quantitative estimate of drug-likeness (QED) is 0.812. The number of nitrogens with zero attached hydrogens (tertiary/aromatic N) is 2. The maximum atomic E-state index is 5.35. The molecule has 0 bridgehead atoms. The van der Waals surface area contributed by atoms with Gasteiger partial charge in [-0.3, -0.25) is 0 Å². The number of hydrogen-bond acceptors (Lipinski definition) is 5. The van der Waals surface area contributed by atoms with E-state index in [2.05, 4.69) is 9.97 Å². The zero-order valence-corrected chi connectivity index (χ0v) is 10.3. The molecular weight excluding hydrogens is 220 g/mol. The highest BCUT2D eigenvalue weighted by Crippen LogP contribution is 2.42. The Morgan fingerprint density at radius 3 is 2.24 bits per heavy atom. The van der Waals surface area contributed by atoms with Crippen LogP contribution in [0.15, 0.2) is 12.4 Å². The number of rotatable bonds is 3. The second kappa shape index (κ2) is 4.45. The van der Waals surface area contributed by atoms with Crippen LogP contribution in [0.3, 0.4) is 0 Å². The summed E-state index contributed by atoms with van der Waals surface area (Å²) in [5.41, 5.74) is 1.59. The molecule has 0 aliphatic carbocycles. The van der Waals surface area contributed by atoms with Gasteiger partial charge in [0, 0.05) is 11.1 Å². The predicted molar refractivity (Wildman–Crippen MR) is 63.9 cm³/mol. The molecule has 0 amide bonds. The molecule has 0 saturated carbocycles. The van der Waals surface area contributed by atoms with Crippen molar-refractivity contribution in [2.45, 2.75) is 6.92 Å². The van der Waals surface area contributed by atoms with E-state index in [-0.39, 0.29) is 0 Å². The maximum Gasteiger partial charge on any atom is 0.205 e. The van der Waals surface area contributed by atoms with Gasteiger partial charge >= 0.3 is 0 Å². The van der Waals surface area contributed by atoms with Gasteiger partial charge in [0.15, 0.2) is 11.5 Å². The van der Waals surface area contributed by atoms with Crippen LogP contribution in [0.2, 0.25) is 0 Å². The summed E-state index contributed by atoms with van der Waals surface area (Å²) in [6.45, 7) is 1.91. The molecule has 0 atom stereocenters. The van der Waals surface area contributed by atoms with Crippen molar-refractivity contribution in [1.82, 2.24) is 9.97 Å². The van der Waals surface area contributed by atoms with Gasteiger partial charge in [-0.2, -0.15) is 0 Å². The van der Waals surface area contributed by atoms with Crippen LogP contribution in [0.4, 0.5) is 0 Å². The largest absolute Gasteiger partial charge is 0.493 e. The molecule has 2 rings (SSSR count). The highest BCUT2D eigenvalue weighted by Gasteiger charge is 2.17. The van der Waals surface area contributed by atoms with Gasteiger partial charge in [0.25, 0.3) is 0 Å². The normalized spacial score (nSPS) is 10.4. The molecule has 0 radical (unpaired) electrons. The fourth-order valence-electron chi connectivity index (χ4n) is 1.79. The Labute approximate surface area is 99.4 Å². The third-order valence-corrected chi connectivity index (χ3v) is 2.63. The van der Waals surface area contributed by atoms with Gasteiger partial charge in [-0.1, -0.05) is 0 Å². The molecule has 0 unspecified atom stereocenters. The van der Waals surface area contributed by atoms with Crippen LogP contribution < -0.4 is 14.2 Å². The van der Waals surface area contributed by atoms with Crippen molar-refractivity contribution in [3.63, 3.8) is 0 Å². The molecule has 0 aliphatic heterocycles. The Kier molecular flexibility index (Phi) is 2.99. The minimum Gasteiger partial charge on any atom is -0.493 e. The summed E-state index contributed by atoms with van der Waals surface area (Å²) < 4.78 is 15.9. The van der Waals surface area contributed by atoms with Gasteiger partial charge in [0.2, 0.25) is 5.75 Å². The first kappa shape index (κ1) is 11.4. The van der Waals surface area contributed by atoms with Crippen LogP contribution in [0.25, 0.3) is 10.9 Å². The Morgan fingerprint density at radius 2 is 1.65 bits per heavy atom. The predicted octanol–water partition coefficient (Wildman–Crippen LogP) is 1.96. The molecule has 0 saturated heterocycles. The molecule has 5 heteroatoms. The fourth-order valence-corrected chi connectivity index (χ4v) is 1.79. The van der Waals surface area contributed by atoms with Crippen molar-refractivity contribution in [3.05, 3.63) is 18.1 Å². The average molecular weight is 234 g/mol. The molecule has 5 nitrogen and oxygen atoms in total. The molecule has 90 valence electrons. The minimum atomic E-state index is 0.542. The number of aromatic nitrogens is 2. The van der Waals surface area contributed by atoms with Gasteiger partial charge in [-0.05, 0) is 13.0 Å². The number of ether oxygens (including phenoxy) is 3. The highest BCUT2D eigenvalue weighted by molar-refractivity contribution is 5.91. The van der Waals surface area contributed by atoms with Crippen molar-refractivity contribution < 1.29 is 14.2 Å². The third kappa shape index (κ3) is 1.73. The lowest BCUT2D eigenvalue weighted by Crippen LogP contribution is -1.98. The van der Waals surface area contributed by atoms with E-state index in [1.807, 2.05) is 13.0 Å². The first-order valence-corrected chi connectivity index (χ1v) is 5.13. The Bertz CT molecular complexity index is 555. The Morgan fingerprint density at radius 1 is 0.941 bits per heavy atom. The van der Waals surface area contributed by atoms with Crippen molar-refractivity contribution in [1.29, 1.82) is 0 Å². The maximum absolute atomic E-state index is 5.35. The molecule has 17 heavy (non-hydrogen) atoms. The number of hydrogen-bond donors (Lipinski definition) is 0. The monoisotopic (exact) mass is 234 g/mol. The van der Waals surface area contributed by atoms with Crippen molar-refractivity contribution in [3.8, 4) is 17.2 Å². The van der Waals surface area contributed by atoms with Crippen molar-refractivity contribution in [2.75, 3.05) is 21.3 Å². The van der Waals surface area contributed by atoms with E-state index in [0.717, 1.165) is 16.6 Å². The summed E-state index contributed by atoms with van der Waals surface area (Å²) in [4.78, 5) is 8.38. The molecule has 1 aromatic heterocycles. The summed E-state index contributed by atoms with van der Waals surface area (Å²) in [5, 5.41) is 0.891. The standard InChI is InChI=1S/C12H14N2O3/c1-7-8-5-9(15-2)11(16-3)12(17-4)10(8)14-6-13-7/h5-6H,1-4H3. The molecule has 0 fully saturated rings. The molecule has 0 spiro atoms. The van der Waals surface area contributed by atoms with E-state index in [0.29, 0.717) is 17.2 Å². The second-order valence-corrected chi connectivity index (χ2v) is 3.50. The summed E-state index contributed by atoms with van der Waals surface area (Å²) >= 11 is 0. The van der Waals surface area contributed by atoms with Crippen molar-refractivity contribution >= 4 is 10.9 Å². The molecular formula is C12H14N2O3. The summed E-state index contributed by atoms with van der Waals surface area (Å²) in [7, 11) is 4.73. The lowest BCUT2D eigenvalue weighted by atomic mass is 10.1. The number of aryl methyl sites for hydroxylation is 1. The summed E-state index contributed by atoms with van der Waals surface area (Å²) in [5.74, 6) is 1.71. The van der Waals surface area contributed by atoms with E-state index in [1.165, 1.54) is 6.33 Å². The van der Waals surface area contributed by atoms with Crippen LogP contribution in [-0.2, 0) is 0 Å². The van der Waals surface area contributed by atoms with Crippen LogP contribution in [0, 0.1) is 6.92 Å². The van der Waals surface area contributed by atoms with E-state index >= 15 is 0 Å². The van der Waals surface area contributed by atoms with Crippen LogP contribution >= 0.6 is 0 Å². The second-order valence-electron chi connectivity index (χ2n) is 3.50. The first-order valence-electron chi connectivity index (χ1n) is 5.13. The number of methoxy groups -OCH3 is 3. The Hall–Kier alpha value is -2.04. The zero-order valence-electron chi connectivity index (χ0n) is 10.3. The number of benzene rings is 1. The van der Waals surface area contributed by atoms with Crippen molar-refractivity contribution in [2.24, 2.45) is 0 Å². The minimum absolute atomic E-state index is 0.542. The molecule has 1 aromatic carbocycles. The smallest absolute Gasteiger partial charge is 0.205 e. The van der Waals surface area contributed by atoms with Crippen LogP contribution in [0.5, 0.6) is 17.2 Å². The number of fused-ring (bicyclic) bond motifs is 1. The summed E-state index contributed by atoms with van der Waals surface area (Å²) in [6.07, 6.45) is 1.51. The van der Waals surface area contributed by atoms with Gasteiger partial charge in [0.1, 0.15) is 11.8 Å². The lowest BCUT2D eigenvalue weighted by molar-refractivity contribution is 0.327. The first-order chi connectivity index (χ1) is 8.22. The van der Waals surface area contributed by atoms with Gasteiger partial charge in [-0.15, -0.1) is 0 Å².